The predicted octanol–water partition coefficient (Wildman–Crippen LogP) is 2.00. The first-order chi connectivity index (χ1) is 9.22. The van der Waals surface area contributed by atoms with Crippen molar-refractivity contribution in [2.75, 3.05) is 6.54 Å². The molecule has 3 atom stereocenters. The Kier molecular flexibility index (Phi) is 2.32. The number of carbonyl (C=O) groups is 2. The molecular weight excluding hydrogens is 242 g/mol. The van der Waals surface area contributed by atoms with Crippen molar-refractivity contribution in [3.8, 4) is 0 Å². The zero-order valence-corrected chi connectivity index (χ0v) is 11.1. The molecule has 0 N–H and O–H groups in total. The summed E-state index contributed by atoms with van der Waals surface area (Å²) in [5.74, 6) is 0.853. The molecule has 1 aliphatic carbocycles. The SMILES string of the molecule is O=C1C[C@@H]2C(=CO1)CCN1C(=O)C[C@@H]3CCCC[C@]321. The Morgan fingerprint density at radius 3 is 3.05 bits per heavy atom. The van der Waals surface area contributed by atoms with Gasteiger partial charge in [0, 0.05) is 18.9 Å². The van der Waals surface area contributed by atoms with Crippen molar-refractivity contribution < 1.29 is 14.3 Å². The van der Waals surface area contributed by atoms with E-state index in [1.54, 1.807) is 6.26 Å². The molecule has 3 aliphatic heterocycles. The molecule has 0 radical (unpaired) electrons. The molecule has 4 nitrogen and oxygen atoms in total. The molecule has 0 unspecified atom stereocenters. The van der Waals surface area contributed by atoms with Gasteiger partial charge < -0.3 is 9.64 Å². The third kappa shape index (κ3) is 1.40. The van der Waals surface area contributed by atoms with E-state index >= 15 is 0 Å². The first-order valence-corrected chi connectivity index (χ1v) is 7.41. The van der Waals surface area contributed by atoms with Crippen LogP contribution in [0.2, 0.25) is 0 Å². The van der Waals surface area contributed by atoms with Gasteiger partial charge in [0.1, 0.15) is 0 Å². The van der Waals surface area contributed by atoms with Crippen molar-refractivity contribution in [2.45, 2.75) is 50.5 Å². The molecule has 3 fully saturated rings. The summed E-state index contributed by atoms with van der Waals surface area (Å²) in [6.07, 6.45) is 8.32. The second-order valence-corrected chi connectivity index (χ2v) is 6.37. The lowest BCUT2D eigenvalue weighted by atomic mass is 9.61. The van der Waals surface area contributed by atoms with E-state index in [4.69, 9.17) is 4.74 Å². The Bertz CT molecular complexity index is 484. The van der Waals surface area contributed by atoms with E-state index in [1.807, 2.05) is 0 Å². The van der Waals surface area contributed by atoms with E-state index in [-0.39, 0.29) is 17.4 Å². The average molecular weight is 261 g/mol. The van der Waals surface area contributed by atoms with Crippen molar-refractivity contribution >= 4 is 11.9 Å². The Balaban J connectivity index is 1.81. The van der Waals surface area contributed by atoms with E-state index in [9.17, 15) is 9.59 Å². The van der Waals surface area contributed by atoms with Gasteiger partial charge in [-0.15, -0.1) is 0 Å². The minimum atomic E-state index is -0.131. The molecule has 4 aliphatic rings. The summed E-state index contributed by atoms with van der Waals surface area (Å²) in [6, 6.07) is 0. The van der Waals surface area contributed by atoms with E-state index in [2.05, 4.69) is 4.90 Å². The van der Waals surface area contributed by atoms with Crippen molar-refractivity contribution in [1.29, 1.82) is 0 Å². The van der Waals surface area contributed by atoms with Gasteiger partial charge in [-0.25, -0.2) is 0 Å². The maximum absolute atomic E-state index is 12.3. The lowest BCUT2D eigenvalue weighted by Crippen LogP contribution is -2.60. The largest absolute Gasteiger partial charge is 0.435 e. The van der Waals surface area contributed by atoms with Gasteiger partial charge in [-0.2, -0.15) is 0 Å². The zero-order chi connectivity index (χ0) is 13.0. The molecule has 0 aromatic heterocycles. The second-order valence-electron chi connectivity index (χ2n) is 6.37. The highest BCUT2D eigenvalue weighted by Gasteiger charge is 2.60. The van der Waals surface area contributed by atoms with E-state index < -0.39 is 0 Å². The predicted molar refractivity (Wildman–Crippen MR) is 67.9 cm³/mol. The molecule has 4 rings (SSSR count). The minimum Gasteiger partial charge on any atom is -0.435 e. The van der Waals surface area contributed by atoms with Crippen LogP contribution in [-0.2, 0) is 14.3 Å². The molecule has 4 heteroatoms. The molecule has 0 aromatic rings. The van der Waals surface area contributed by atoms with Gasteiger partial charge in [0.25, 0.3) is 0 Å². The summed E-state index contributed by atoms with van der Waals surface area (Å²) in [7, 11) is 0. The van der Waals surface area contributed by atoms with Crippen LogP contribution in [0.3, 0.4) is 0 Å². The quantitative estimate of drug-likeness (QED) is 0.627. The van der Waals surface area contributed by atoms with Crippen LogP contribution < -0.4 is 0 Å². The topological polar surface area (TPSA) is 46.6 Å². The third-order valence-corrected chi connectivity index (χ3v) is 5.70. The Morgan fingerprint density at radius 2 is 2.16 bits per heavy atom. The van der Waals surface area contributed by atoms with Crippen LogP contribution in [0.5, 0.6) is 0 Å². The summed E-state index contributed by atoms with van der Waals surface area (Å²) in [4.78, 5) is 26.1. The normalized spacial score (nSPS) is 41.1. The number of hydrogen-bond donors (Lipinski definition) is 0. The summed E-state index contributed by atoms with van der Waals surface area (Å²) in [5.41, 5.74) is 1.20. The van der Waals surface area contributed by atoms with Crippen LogP contribution in [0.1, 0.15) is 44.9 Å². The van der Waals surface area contributed by atoms with E-state index in [1.165, 1.54) is 18.4 Å². The Labute approximate surface area is 112 Å². The number of ether oxygens (including phenoxy) is 1. The van der Waals surface area contributed by atoms with Crippen LogP contribution in [0.4, 0.5) is 0 Å². The molecule has 0 aromatic carbocycles. The van der Waals surface area contributed by atoms with Crippen LogP contribution in [-0.4, -0.2) is 28.9 Å². The summed E-state index contributed by atoms with van der Waals surface area (Å²) in [5, 5.41) is 0. The molecule has 2 saturated heterocycles. The number of carbonyl (C=O) groups excluding carboxylic acids is 2. The number of esters is 1. The van der Waals surface area contributed by atoms with E-state index in [0.29, 0.717) is 24.7 Å². The number of rotatable bonds is 0. The monoisotopic (exact) mass is 261 g/mol. The molecule has 19 heavy (non-hydrogen) atoms. The molecule has 0 bridgehead atoms. The van der Waals surface area contributed by atoms with Gasteiger partial charge in [-0.05, 0) is 30.8 Å². The van der Waals surface area contributed by atoms with Gasteiger partial charge in [-0.3, -0.25) is 9.59 Å². The highest BCUT2D eigenvalue weighted by Crippen LogP contribution is 2.56. The fourth-order valence-corrected chi connectivity index (χ4v) is 4.96. The number of cyclic esters (lactones) is 1. The van der Waals surface area contributed by atoms with Crippen LogP contribution >= 0.6 is 0 Å². The van der Waals surface area contributed by atoms with Crippen LogP contribution in [0, 0.1) is 11.8 Å². The molecule has 3 heterocycles. The molecule has 1 saturated carbocycles. The number of nitrogens with zero attached hydrogens (tertiary/aromatic N) is 1. The number of hydrogen-bond acceptors (Lipinski definition) is 3. The smallest absolute Gasteiger partial charge is 0.311 e. The first-order valence-electron chi connectivity index (χ1n) is 7.41. The average Bonchev–Trinajstić information content (AvgIpc) is 2.72. The highest BCUT2D eigenvalue weighted by molar-refractivity contribution is 5.82. The second kappa shape index (κ2) is 3.84. The lowest BCUT2D eigenvalue weighted by molar-refractivity contribution is -0.147. The number of fused-ring (bicyclic) bond motifs is 1. The molecule has 102 valence electrons. The molecule has 1 spiro atoms. The van der Waals surface area contributed by atoms with Crippen molar-refractivity contribution in [3.05, 3.63) is 11.8 Å². The van der Waals surface area contributed by atoms with Crippen LogP contribution in [0.15, 0.2) is 11.8 Å². The molecular formula is C15H19NO3. The van der Waals surface area contributed by atoms with Gasteiger partial charge in [0.05, 0.1) is 18.2 Å². The fourth-order valence-electron chi connectivity index (χ4n) is 4.96. The Hall–Kier alpha value is -1.32. The minimum absolute atomic E-state index is 0.0567. The summed E-state index contributed by atoms with van der Waals surface area (Å²) >= 11 is 0. The van der Waals surface area contributed by atoms with Gasteiger partial charge in [0.2, 0.25) is 5.91 Å². The Morgan fingerprint density at radius 1 is 1.26 bits per heavy atom. The summed E-state index contributed by atoms with van der Waals surface area (Å²) in [6.45, 7) is 0.815. The number of amides is 1. The maximum Gasteiger partial charge on any atom is 0.311 e. The fraction of sp³-hybridized carbons (Fsp3) is 0.733. The standard InChI is InChI=1S/C15H19NO3/c17-13-7-11-3-1-2-5-15(11)12-8-14(18)19-9-10(12)4-6-16(13)15/h9,11-12H,1-8H2/t11-,12+,15-/m0/s1. The highest BCUT2D eigenvalue weighted by atomic mass is 16.5. The van der Waals surface area contributed by atoms with Crippen molar-refractivity contribution in [2.24, 2.45) is 11.8 Å². The lowest BCUT2D eigenvalue weighted by Gasteiger charge is -2.54. The van der Waals surface area contributed by atoms with Crippen molar-refractivity contribution in [1.82, 2.24) is 4.90 Å². The summed E-state index contributed by atoms with van der Waals surface area (Å²) < 4.78 is 5.09. The van der Waals surface area contributed by atoms with E-state index in [0.717, 1.165) is 25.8 Å². The van der Waals surface area contributed by atoms with Gasteiger partial charge in [-0.1, -0.05) is 12.8 Å². The third-order valence-electron chi connectivity index (χ3n) is 5.70. The van der Waals surface area contributed by atoms with Crippen molar-refractivity contribution in [3.63, 3.8) is 0 Å². The molecule has 1 amide bonds. The van der Waals surface area contributed by atoms with Gasteiger partial charge in [0.15, 0.2) is 0 Å². The maximum atomic E-state index is 12.3. The van der Waals surface area contributed by atoms with Gasteiger partial charge >= 0.3 is 5.97 Å². The number of piperidine rings is 1. The first kappa shape index (κ1) is 11.5. The van der Waals surface area contributed by atoms with Crippen LogP contribution in [0.25, 0.3) is 0 Å². The zero-order valence-electron chi connectivity index (χ0n) is 11.1.